The highest BCUT2D eigenvalue weighted by Gasteiger charge is 2.07. The van der Waals surface area contributed by atoms with Crippen molar-refractivity contribution in [2.75, 3.05) is 17.7 Å². The Kier molecular flexibility index (Phi) is 2.55. The summed E-state index contributed by atoms with van der Waals surface area (Å²) in [6.07, 6.45) is 1.19. The van der Waals surface area contributed by atoms with E-state index >= 15 is 0 Å². The van der Waals surface area contributed by atoms with Crippen LogP contribution in [0.1, 0.15) is 0 Å². The van der Waals surface area contributed by atoms with Gasteiger partial charge in [0.15, 0.2) is 0 Å². The van der Waals surface area contributed by atoms with Crippen molar-refractivity contribution in [2.45, 2.75) is 6.54 Å². The summed E-state index contributed by atoms with van der Waals surface area (Å²) >= 11 is 0. The van der Waals surface area contributed by atoms with Crippen molar-refractivity contribution in [2.24, 2.45) is 0 Å². The third kappa shape index (κ3) is 2.30. The minimum absolute atomic E-state index is 0.0419. The van der Waals surface area contributed by atoms with Crippen LogP contribution in [0, 0.1) is 0 Å². The molecule has 0 fully saturated rings. The number of anilines is 1. The Balaban J connectivity index is 2.34. The van der Waals surface area contributed by atoms with E-state index in [0.29, 0.717) is 17.7 Å². The number of nitrogens with two attached hydrogens (primary N) is 1. The molecule has 16 heavy (non-hydrogen) atoms. The summed E-state index contributed by atoms with van der Waals surface area (Å²) in [6.45, 7) is 0.290. The fraction of sp³-hybridized carbons (Fsp3) is 0.333. The van der Waals surface area contributed by atoms with Crippen molar-refractivity contribution in [1.29, 1.82) is 0 Å². The monoisotopic (exact) mass is 240 g/mol. The number of nitrogen functional groups attached to an aromatic ring is 1. The molecule has 0 amide bonds. The minimum Gasteiger partial charge on any atom is -0.399 e. The standard InChI is InChI=1S/C9H12N4O2S/c1-16(14,15)5-4-13-9-6-7(10)2-3-8(9)11-12-13/h2-3,6H,4-5,10H2,1H3. The predicted octanol–water partition coefficient (Wildman–Crippen LogP) is 0.0581. The summed E-state index contributed by atoms with van der Waals surface area (Å²) in [5.41, 5.74) is 7.72. The molecule has 2 N–H and O–H groups in total. The van der Waals surface area contributed by atoms with Crippen LogP contribution in [0.25, 0.3) is 11.0 Å². The summed E-state index contributed by atoms with van der Waals surface area (Å²) in [5.74, 6) is 0.0419. The average molecular weight is 240 g/mol. The van der Waals surface area contributed by atoms with Crippen LogP contribution in [-0.4, -0.2) is 35.4 Å². The van der Waals surface area contributed by atoms with Crippen LogP contribution in [-0.2, 0) is 16.4 Å². The first-order chi connectivity index (χ1) is 7.46. The topological polar surface area (TPSA) is 90.9 Å². The molecule has 7 heteroatoms. The van der Waals surface area contributed by atoms with Crippen molar-refractivity contribution in [3.63, 3.8) is 0 Å². The lowest BCUT2D eigenvalue weighted by molar-refractivity contribution is 0.585. The van der Waals surface area contributed by atoms with Gasteiger partial charge in [-0.25, -0.2) is 13.1 Å². The van der Waals surface area contributed by atoms with Gasteiger partial charge in [-0.3, -0.25) is 0 Å². The zero-order chi connectivity index (χ0) is 11.8. The first kappa shape index (κ1) is 10.9. The quantitative estimate of drug-likeness (QED) is 0.766. The van der Waals surface area contributed by atoms with Crippen molar-refractivity contribution >= 4 is 26.6 Å². The molecule has 0 saturated heterocycles. The van der Waals surface area contributed by atoms with E-state index in [9.17, 15) is 8.42 Å². The molecular formula is C9H12N4O2S. The summed E-state index contributed by atoms with van der Waals surface area (Å²) in [7, 11) is -3.00. The molecule has 6 nitrogen and oxygen atoms in total. The van der Waals surface area contributed by atoms with Crippen LogP contribution in [0.3, 0.4) is 0 Å². The molecule has 0 radical (unpaired) electrons. The van der Waals surface area contributed by atoms with Gasteiger partial charge in [0.25, 0.3) is 0 Å². The molecule has 2 rings (SSSR count). The number of nitrogens with zero attached hydrogens (tertiary/aromatic N) is 3. The maximum absolute atomic E-state index is 11.0. The highest BCUT2D eigenvalue weighted by atomic mass is 32.2. The van der Waals surface area contributed by atoms with Crippen molar-refractivity contribution in [3.05, 3.63) is 18.2 Å². The van der Waals surface area contributed by atoms with Gasteiger partial charge < -0.3 is 5.73 Å². The largest absolute Gasteiger partial charge is 0.399 e. The molecule has 0 atom stereocenters. The maximum Gasteiger partial charge on any atom is 0.149 e. The molecule has 0 aliphatic carbocycles. The summed E-state index contributed by atoms with van der Waals surface area (Å²) in [6, 6.07) is 5.23. The minimum atomic E-state index is -3.00. The smallest absolute Gasteiger partial charge is 0.149 e. The van der Waals surface area contributed by atoms with Gasteiger partial charge in [-0.05, 0) is 18.2 Å². The summed E-state index contributed by atoms with van der Waals surface area (Å²) < 4.78 is 23.6. The molecule has 0 spiro atoms. The highest BCUT2D eigenvalue weighted by molar-refractivity contribution is 7.90. The Bertz CT molecular complexity index is 617. The van der Waals surface area contributed by atoms with Crippen LogP contribution < -0.4 is 5.73 Å². The Morgan fingerprint density at radius 3 is 2.88 bits per heavy atom. The zero-order valence-electron chi connectivity index (χ0n) is 8.79. The maximum atomic E-state index is 11.0. The predicted molar refractivity (Wildman–Crippen MR) is 61.7 cm³/mol. The Labute approximate surface area is 93.0 Å². The van der Waals surface area contributed by atoms with Gasteiger partial charge >= 0.3 is 0 Å². The number of rotatable bonds is 3. The number of sulfone groups is 1. The normalized spacial score (nSPS) is 12.1. The van der Waals surface area contributed by atoms with Crippen LogP contribution in [0.15, 0.2) is 18.2 Å². The second-order valence-corrected chi connectivity index (χ2v) is 5.95. The van der Waals surface area contributed by atoms with Gasteiger partial charge in [0, 0.05) is 11.9 Å². The number of aromatic nitrogens is 3. The van der Waals surface area contributed by atoms with Crippen molar-refractivity contribution < 1.29 is 8.42 Å². The molecule has 1 heterocycles. The molecule has 0 bridgehead atoms. The van der Waals surface area contributed by atoms with E-state index in [4.69, 9.17) is 5.73 Å². The van der Waals surface area contributed by atoms with Gasteiger partial charge in [-0.1, -0.05) is 5.21 Å². The van der Waals surface area contributed by atoms with Crippen LogP contribution in [0.4, 0.5) is 5.69 Å². The van der Waals surface area contributed by atoms with E-state index < -0.39 is 9.84 Å². The van der Waals surface area contributed by atoms with E-state index in [0.717, 1.165) is 5.52 Å². The highest BCUT2D eigenvalue weighted by Crippen LogP contribution is 2.14. The number of hydrogen-bond donors (Lipinski definition) is 1. The molecule has 1 aromatic carbocycles. The van der Waals surface area contributed by atoms with Gasteiger partial charge in [-0.2, -0.15) is 0 Å². The zero-order valence-corrected chi connectivity index (χ0v) is 9.61. The van der Waals surface area contributed by atoms with E-state index in [2.05, 4.69) is 10.3 Å². The SMILES string of the molecule is CS(=O)(=O)CCn1nnc2ccc(N)cc21. The van der Waals surface area contributed by atoms with Crippen LogP contribution >= 0.6 is 0 Å². The number of aryl methyl sites for hydroxylation is 1. The second kappa shape index (κ2) is 3.75. The summed E-state index contributed by atoms with van der Waals surface area (Å²) in [4.78, 5) is 0. The lowest BCUT2D eigenvalue weighted by atomic mass is 10.3. The molecule has 0 saturated carbocycles. The fourth-order valence-corrected chi connectivity index (χ4v) is 1.90. The number of benzene rings is 1. The van der Waals surface area contributed by atoms with E-state index in [1.165, 1.54) is 6.26 Å². The van der Waals surface area contributed by atoms with Gasteiger partial charge in [0.05, 0.1) is 17.8 Å². The molecule has 0 aliphatic rings. The molecule has 2 aromatic rings. The van der Waals surface area contributed by atoms with E-state index in [1.807, 2.05) is 0 Å². The molecule has 0 unspecified atom stereocenters. The Hall–Kier alpha value is -1.63. The third-order valence-corrected chi connectivity index (χ3v) is 3.14. The molecule has 0 aliphatic heterocycles. The summed E-state index contributed by atoms with van der Waals surface area (Å²) in [5, 5.41) is 7.81. The van der Waals surface area contributed by atoms with Gasteiger partial charge in [-0.15, -0.1) is 5.10 Å². The first-order valence-electron chi connectivity index (χ1n) is 4.72. The molecule has 1 aromatic heterocycles. The van der Waals surface area contributed by atoms with Crippen LogP contribution in [0.2, 0.25) is 0 Å². The van der Waals surface area contributed by atoms with E-state index in [-0.39, 0.29) is 5.75 Å². The lowest BCUT2D eigenvalue weighted by Gasteiger charge is -2.01. The number of fused-ring (bicyclic) bond motifs is 1. The first-order valence-corrected chi connectivity index (χ1v) is 6.78. The van der Waals surface area contributed by atoms with E-state index in [1.54, 1.807) is 22.9 Å². The van der Waals surface area contributed by atoms with Gasteiger partial charge in [0.2, 0.25) is 0 Å². The van der Waals surface area contributed by atoms with Crippen molar-refractivity contribution in [3.8, 4) is 0 Å². The lowest BCUT2D eigenvalue weighted by Crippen LogP contribution is -2.12. The fourth-order valence-electron chi connectivity index (χ4n) is 1.40. The third-order valence-electron chi connectivity index (χ3n) is 2.21. The van der Waals surface area contributed by atoms with Gasteiger partial charge in [0.1, 0.15) is 15.4 Å². The Morgan fingerprint density at radius 1 is 1.44 bits per heavy atom. The number of hydrogen-bond acceptors (Lipinski definition) is 5. The van der Waals surface area contributed by atoms with Crippen molar-refractivity contribution in [1.82, 2.24) is 15.0 Å². The molecular weight excluding hydrogens is 228 g/mol. The average Bonchev–Trinajstić information content (AvgIpc) is 2.56. The van der Waals surface area contributed by atoms with Crippen LogP contribution in [0.5, 0.6) is 0 Å². The molecule has 86 valence electrons. The second-order valence-electron chi connectivity index (χ2n) is 3.69. The Morgan fingerprint density at radius 2 is 2.19 bits per heavy atom.